The first kappa shape index (κ1) is 5.95. The Labute approximate surface area is 53.0 Å². The van der Waals surface area contributed by atoms with Crippen LogP contribution in [0.15, 0.2) is 0 Å². The van der Waals surface area contributed by atoms with E-state index in [-0.39, 0.29) is 5.91 Å². The Hall–Kier alpha value is -0.180. The van der Waals surface area contributed by atoms with Crippen molar-refractivity contribution in [1.82, 2.24) is 5.32 Å². The number of carbonyl (C=O) groups excluding carboxylic acids is 1. The minimum absolute atomic E-state index is 0.0625. The van der Waals surface area contributed by atoms with E-state index >= 15 is 0 Å². The summed E-state index contributed by atoms with van der Waals surface area (Å²) >= 11 is 1.68. The van der Waals surface area contributed by atoms with E-state index in [0.29, 0.717) is 5.75 Å². The lowest BCUT2D eigenvalue weighted by Gasteiger charge is -1.88. The van der Waals surface area contributed by atoms with E-state index in [0.717, 1.165) is 18.7 Å². The van der Waals surface area contributed by atoms with Gasteiger partial charge in [0, 0.05) is 6.54 Å². The van der Waals surface area contributed by atoms with Crippen molar-refractivity contribution in [2.24, 2.45) is 0 Å². The summed E-state index contributed by atoms with van der Waals surface area (Å²) in [7, 11) is 0. The van der Waals surface area contributed by atoms with Gasteiger partial charge in [-0.05, 0) is 12.2 Å². The second-order valence-electron chi connectivity index (χ2n) is 1.68. The maximum atomic E-state index is 10.5. The van der Waals surface area contributed by atoms with Gasteiger partial charge in [-0.15, -0.1) is 0 Å². The Morgan fingerprint density at radius 1 is 1.62 bits per heavy atom. The van der Waals surface area contributed by atoms with Crippen LogP contribution in [-0.4, -0.2) is 24.0 Å². The second-order valence-corrected chi connectivity index (χ2v) is 2.79. The summed E-state index contributed by atoms with van der Waals surface area (Å²) in [4.78, 5) is 10.5. The van der Waals surface area contributed by atoms with Gasteiger partial charge in [-0.1, -0.05) is 0 Å². The summed E-state index contributed by atoms with van der Waals surface area (Å²) in [6.07, 6.45) is 1.07. The summed E-state index contributed by atoms with van der Waals surface area (Å²) < 4.78 is 0. The molecule has 1 saturated heterocycles. The molecule has 0 atom stereocenters. The molecule has 1 aliphatic heterocycles. The van der Waals surface area contributed by atoms with Crippen LogP contribution < -0.4 is 5.32 Å². The highest BCUT2D eigenvalue weighted by Crippen LogP contribution is 2.04. The van der Waals surface area contributed by atoms with Crippen LogP contribution >= 0.6 is 11.8 Å². The first-order chi connectivity index (χ1) is 3.89. The normalized spacial score (nSPS) is 21.8. The molecule has 1 amide bonds. The number of hydrogen-bond acceptors (Lipinski definition) is 2. The van der Waals surface area contributed by atoms with Crippen LogP contribution in [0.25, 0.3) is 0 Å². The van der Waals surface area contributed by atoms with Crippen molar-refractivity contribution < 1.29 is 4.79 Å². The molecule has 2 nitrogen and oxygen atoms in total. The maximum absolute atomic E-state index is 10.5. The molecule has 1 heterocycles. The highest BCUT2D eigenvalue weighted by atomic mass is 32.2. The Morgan fingerprint density at radius 2 is 2.50 bits per heavy atom. The van der Waals surface area contributed by atoms with Crippen LogP contribution in [0, 0.1) is 0 Å². The highest BCUT2D eigenvalue weighted by Gasteiger charge is 2.05. The number of carbonyl (C=O) groups is 1. The Kier molecular flexibility index (Phi) is 2.21. The molecule has 0 aromatic heterocycles. The molecular weight excluding hydrogens is 122 g/mol. The van der Waals surface area contributed by atoms with Crippen molar-refractivity contribution in [2.75, 3.05) is 18.1 Å². The first-order valence-electron chi connectivity index (χ1n) is 2.67. The molecule has 3 heteroatoms. The molecule has 0 aliphatic carbocycles. The molecule has 0 saturated carbocycles. The number of hydrogen-bond donors (Lipinski definition) is 0. The van der Waals surface area contributed by atoms with E-state index in [1.165, 1.54) is 0 Å². The molecule has 0 spiro atoms. The van der Waals surface area contributed by atoms with Crippen LogP contribution in [0.3, 0.4) is 0 Å². The third kappa shape index (κ3) is 1.74. The standard InChI is InChI=1S/C5H8NOS/c7-5-4-8-3-1-2-6-5/h1-4H2. The summed E-state index contributed by atoms with van der Waals surface area (Å²) in [6, 6.07) is 0. The number of nitrogens with zero attached hydrogens (tertiary/aromatic N) is 1. The van der Waals surface area contributed by atoms with Gasteiger partial charge in [-0.25, -0.2) is 0 Å². The van der Waals surface area contributed by atoms with Gasteiger partial charge in [0.25, 0.3) is 5.91 Å². The van der Waals surface area contributed by atoms with Crippen LogP contribution in [0.5, 0.6) is 0 Å². The van der Waals surface area contributed by atoms with Crippen molar-refractivity contribution in [2.45, 2.75) is 6.42 Å². The number of rotatable bonds is 0. The van der Waals surface area contributed by atoms with Gasteiger partial charge in [0.1, 0.15) is 0 Å². The van der Waals surface area contributed by atoms with Gasteiger partial charge >= 0.3 is 0 Å². The van der Waals surface area contributed by atoms with Crippen molar-refractivity contribution in [3.05, 3.63) is 0 Å². The molecule has 0 unspecified atom stereocenters. The number of thioether (sulfide) groups is 1. The second kappa shape index (κ2) is 2.97. The molecule has 0 N–H and O–H groups in total. The zero-order valence-electron chi connectivity index (χ0n) is 4.59. The fourth-order valence-electron chi connectivity index (χ4n) is 0.575. The van der Waals surface area contributed by atoms with Gasteiger partial charge in [-0.2, -0.15) is 11.8 Å². The molecule has 1 rings (SSSR count). The monoisotopic (exact) mass is 130 g/mol. The molecule has 0 bridgehead atoms. The van der Waals surface area contributed by atoms with E-state index in [1.807, 2.05) is 0 Å². The van der Waals surface area contributed by atoms with E-state index in [4.69, 9.17) is 0 Å². The first-order valence-corrected chi connectivity index (χ1v) is 3.83. The van der Waals surface area contributed by atoms with E-state index in [2.05, 4.69) is 5.32 Å². The zero-order chi connectivity index (χ0) is 5.82. The van der Waals surface area contributed by atoms with Gasteiger partial charge in [0.05, 0.1) is 5.75 Å². The topological polar surface area (TPSA) is 31.2 Å². The van der Waals surface area contributed by atoms with Gasteiger partial charge < -0.3 is 0 Å². The molecule has 1 fully saturated rings. The minimum atomic E-state index is 0.0625. The van der Waals surface area contributed by atoms with Crippen LogP contribution in [0.2, 0.25) is 0 Å². The summed E-state index contributed by atoms with van der Waals surface area (Å²) in [5.74, 6) is 1.75. The van der Waals surface area contributed by atoms with Crippen LogP contribution in [0.4, 0.5) is 0 Å². The lowest BCUT2D eigenvalue weighted by Crippen LogP contribution is -2.15. The van der Waals surface area contributed by atoms with Crippen molar-refractivity contribution in [1.29, 1.82) is 0 Å². The van der Waals surface area contributed by atoms with E-state index in [9.17, 15) is 4.79 Å². The fourth-order valence-corrected chi connectivity index (χ4v) is 1.32. The molecule has 8 heavy (non-hydrogen) atoms. The zero-order valence-corrected chi connectivity index (χ0v) is 5.41. The minimum Gasteiger partial charge on any atom is -0.272 e. The molecule has 45 valence electrons. The molecule has 1 radical (unpaired) electrons. The van der Waals surface area contributed by atoms with Crippen molar-refractivity contribution in [3.63, 3.8) is 0 Å². The molecular formula is C5H8NOS. The van der Waals surface area contributed by atoms with Gasteiger partial charge in [0.2, 0.25) is 0 Å². The third-order valence-corrected chi connectivity index (χ3v) is 1.99. The third-order valence-electron chi connectivity index (χ3n) is 0.960. The van der Waals surface area contributed by atoms with Gasteiger partial charge in [-0.3, -0.25) is 10.1 Å². The Balaban J connectivity index is 2.27. The predicted octanol–water partition coefficient (Wildman–Crippen LogP) is 0.254. The van der Waals surface area contributed by atoms with Crippen molar-refractivity contribution in [3.8, 4) is 0 Å². The lowest BCUT2D eigenvalue weighted by atomic mass is 10.5. The summed E-state index contributed by atoms with van der Waals surface area (Å²) in [5.41, 5.74) is 0. The molecule has 1 aliphatic rings. The smallest absolute Gasteiger partial charge is 0.251 e. The van der Waals surface area contributed by atoms with E-state index in [1.54, 1.807) is 11.8 Å². The van der Waals surface area contributed by atoms with Crippen LogP contribution in [0.1, 0.15) is 6.42 Å². The number of amides is 1. The highest BCUT2D eigenvalue weighted by molar-refractivity contribution is 7.99. The Bertz CT molecular complexity index is 84.4. The average Bonchev–Trinajstić information content (AvgIpc) is 1.94. The summed E-state index contributed by atoms with van der Waals surface area (Å²) in [5, 5.41) is 3.76. The van der Waals surface area contributed by atoms with Crippen LogP contribution in [-0.2, 0) is 4.79 Å². The maximum Gasteiger partial charge on any atom is 0.251 e. The average molecular weight is 130 g/mol. The SMILES string of the molecule is O=C1CSCCC[N]1. The lowest BCUT2D eigenvalue weighted by molar-refractivity contribution is -0.118. The quantitative estimate of drug-likeness (QED) is 0.471. The Morgan fingerprint density at radius 3 is 3.38 bits per heavy atom. The van der Waals surface area contributed by atoms with Crippen molar-refractivity contribution >= 4 is 17.7 Å². The fraction of sp³-hybridized carbons (Fsp3) is 0.800. The summed E-state index contributed by atoms with van der Waals surface area (Å²) in [6.45, 7) is 0.742. The van der Waals surface area contributed by atoms with Gasteiger partial charge in [0.15, 0.2) is 0 Å². The largest absolute Gasteiger partial charge is 0.272 e. The van der Waals surface area contributed by atoms with E-state index < -0.39 is 0 Å². The molecule has 0 aromatic rings. The molecule has 0 aromatic carbocycles. The predicted molar refractivity (Wildman–Crippen MR) is 33.9 cm³/mol.